The standard InChI is InChI=1S/C10H13BrO2S/c1-3-10(11)14(12,13)9-6-4-8(2)5-7-9/h4-7,10H,3H2,1-2H3. The predicted molar refractivity (Wildman–Crippen MR) is 61.4 cm³/mol. The van der Waals surface area contributed by atoms with Crippen LogP contribution >= 0.6 is 15.9 Å². The number of hydrogen-bond donors (Lipinski definition) is 0. The number of alkyl halides is 1. The zero-order valence-electron chi connectivity index (χ0n) is 8.20. The molecule has 0 spiro atoms. The molecule has 0 aromatic heterocycles. The van der Waals surface area contributed by atoms with Crippen molar-refractivity contribution < 1.29 is 8.42 Å². The molecule has 4 heteroatoms. The first-order chi connectivity index (χ1) is 6.48. The van der Waals surface area contributed by atoms with Crippen molar-refractivity contribution in [2.45, 2.75) is 29.3 Å². The highest BCUT2D eigenvalue weighted by Crippen LogP contribution is 2.22. The average Bonchev–Trinajstić information content (AvgIpc) is 2.17. The fourth-order valence-corrected chi connectivity index (χ4v) is 2.99. The van der Waals surface area contributed by atoms with Crippen LogP contribution in [0, 0.1) is 6.92 Å². The SMILES string of the molecule is CCC(Br)S(=O)(=O)c1ccc(C)cc1. The van der Waals surface area contributed by atoms with Crippen LogP contribution in [0.3, 0.4) is 0 Å². The van der Waals surface area contributed by atoms with Gasteiger partial charge in [0, 0.05) is 0 Å². The molecule has 1 atom stereocenters. The van der Waals surface area contributed by atoms with Crippen LogP contribution in [0.1, 0.15) is 18.9 Å². The first-order valence-electron chi connectivity index (χ1n) is 4.43. The van der Waals surface area contributed by atoms with Crippen LogP contribution in [0.5, 0.6) is 0 Å². The molecule has 1 unspecified atom stereocenters. The quantitative estimate of drug-likeness (QED) is 0.796. The molecule has 0 saturated carbocycles. The van der Waals surface area contributed by atoms with Crippen LogP contribution < -0.4 is 0 Å². The summed E-state index contributed by atoms with van der Waals surface area (Å²) in [4.78, 5) is 0.381. The second kappa shape index (κ2) is 4.45. The number of hydrogen-bond acceptors (Lipinski definition) is 2. The zero-order valence-corrected chi connectivity index (χ0v) is 10.6. The molecule has 78 valence electrons. The van der Waals surface area contributed by atoms with Gasteiger partial charge in [0.15, 0.2) is 9.84 Å². The molecule has 0 fully saturated rings. The molecule has 0 aliphatic rings. The van der Waals surface area contributed by atoms with Gasteiger partial charge in [0.2, 0.25) is 0 Å². The number of rotatable bonds is 3. The third-order valence-electron chi connectivity index (χ3n) is 2.01. The van der Waals surface area contributed by atoms with Crippen LogP contribution in [0.15, 0.2) is 29.2 Å². The number of sulfone groups is 1. The highest BCUT2D eigenvalue weighted by atomic mass is 79.9. The molecule has 1 aromatic rings. The molecular weight excluding hydrogens is 264 g/mol. The van der Waals surface area contributed by atoms with E-state index in [0.29, 0.717) is 11.3 Å². The second-order valence-electron chi connectivity index (χ2n) is 3.18. The first-order valence-corrected chi connectivity index (χ1v) is 6.89. The van der Waals surface area contributed by atoms with Crippen molar-refractivity contribution in [3.63, 3.8) is 0 Å². The molecular formula is C10H13BrO2S. The van der Waals surface area contributed by atoms with Crippen molar-refractivity contribution in [3.05, 3.63) is 29.8 Å². The third kappa shape index (κ3) is 2.36. The molecule has 0 heterocycles. The van der Waals surface area contributed by atoms with E-state index in [9.17, 15) is 8.42 Å². The Labute approximate surface area is 93.4 Å². The Balaban J connectivity index is 3.11. The van der Waals surface area contributed by atoms with Crippen LogP contribution in [0.4, 0.5) is 0 Å². The Morgan fingerprint density at radius 1 is 1.29 bits per heavy atom. The molecule has 0 radical (unpaired) electrons. The van der Waals surface area contributed by atoms with Crippen molar-refractivity contribution in [1.82, 2.24) is 0 Å². The average molecular weight is 277 g/mol. The molecule has 14 heavy (non-hydrogen) atoms. The van der Waals surface area contributed by atoms with Crippen molar-refractivity contribution in [1.29, 1.82) is 0 Å². The van der Waals surface area contributed by atoms with Gasteiger partial charge in [0.25, 0.3) is 0 Å². The summed E-state index contributed by atoms with van der Waals surface area (Å²) >= 11 is 3.17. The van der Waals surface area contributed by atoms with Gasteiger partial charge in [0.1, 0.15) is 4.16 Å². The number of aryl methyl sites for hydroxylation is 1. The summed E-state index contributed by atoms with van der Waals surface area (Å²) in [5.41, 5.74) is 1.06. The second-order valence-corrected chi connectivity index (χ2v) is 7.02. The summed E-state index contributed by atoms with van der Waals surface area (Å²) < 4.78 is 23.2. The van der Waals surface area contributed by atoms with Crippen molar-refractivity contribution in [3.8, 4) is 0 Å². The van der Waals surface area contributed by atoms with Gasteiger partial charge in [0.05, 0.1) is 4.90 Å². The monoisotopic (exact) mass is 276 g/mol. The van der Waals surface area contributed by atoms with E-state index in [2.05, 4.69) is 15.9 Å². The summed E-state index contributed by atoms with van der Waals surface area (Å²) in [6.45, 7) is 3.77. The van der Waals surface area contributed by atoms with Crippen LogP contribution in [0.25, 0.3) is 0 Å². The lowest BCUT2D eigenvalue weighted by Crippen LogP contribution is -2.13. The van der Waals surface area contributed by atoms with E-state index in [1.807, 2.05) is 26.0 Å². The topological polar surface area (TPSA) is 34.1 Å². The Morgan fingerprint density at radius 2 is 1.79 bits per heavy atom. The molecule has 1 rings (SSSR count). The molecule has 0 bridgehead atoms. The van der Waals surface area contributed by atoms with Crippen LogP contribution in [-0.4, -0.2) is 12.6 Å². The summed E-state index contributed by atoms with van der Waals surface area (Å²) in [7, 11) is -3.19. The summed E-state index contributed by atoms with van der Waals surface area (Å²) in [5.74, 6) is 0. The van der Waals surface area contributed by atoms with Gasteiger partial charge in [-0.25, -0.2) is 8.42 Å². The van der Waals surface area contributed by atoms with E-state index in [-0.39, 0.29) is 0 Å². The fourth-order valence-electron chi connectivity index (χ4n) is 1.10. The molecule has 0 aliphatic heterocycles. The highest BCUT2D eigenvalue weighted by molar-refractivity contribution is 9.11. The summed E-state index contributed by atoms with van der Waals surface area (Å²) in [6, 6.07) is 6.91. The Bertz CT molecular complexity index is 395. The zero-order chi connectivity index (χ0) is 10.8. The third-order valence-corrected chi connectivity index (χ3v) is 6.07. The largest absolute Gasteiger partial charge is 0.223 e. The number of benzene rings is 1. The first kappa shape index (κ1) is 11.7. The van der Waals surface area contributed by atoms with E-state index in [1.165, 1.54) is 0 Å². The maximum Gasteiger partial charge on any atom is 0.191 e. The van der Waals surface area contributed by atoms with Crippen LogP contribution in [-0.2, 0) is 9.84 Å². The van der Waals surface area contributed by atoms with Gasteiger partial charge in [-0.1, -0.05) is 40.5 Å². The minimum absolute atomic E-state index is 0.381. The lowest BCUT2D eigenvalue weighted by Gasteiger charge is -2.08. The minimum Gasteiger partial charge on any atom is -0.223 e. The lowest BCUT2D eigenvalue weighted by molar-refractivity contribution is 0.592. The van der Waals surface area contributed by atoms with Gasteiger partial charge < -0.3 is 0 Å². The maximum atomic E-state index is 11.8. The molecule has 2 nitrogen and oxygen atoms in total. The van der Waals surface area contributed by atoms with E-state index in [1.54, 1.807) is 12.1 Å². The summed E-state index contributed by atoms with van der Waals surface area (Å²) in [6.07, 6.45) is 0.566. The Hall–Kier alpha value is -0.350. The van der Waals surface area contributed by atoms with Gasteiger partial charge in [-0.05, 0) is 25.5 Å². The molecule has 1 aromatic carbocycles. The lowest BCUT2D eigenvalue weighted by atomic mass is 10.2. The minimum atomic E-state index is -3.19. The van der Waals surface area contributed by atoms with Gasteiger partial charge >= 0.3 is 0 Å². The van der Waals surface area contributed by atoms with Crippen molar-refractivity contribution >= 4 is 25.8 Å². The normalized spacial score (nSPS) is 13.9. The summed E-state index contributed by atoms with van der Waals surface area (Å²) in [5, 5.41) is 0. The van der Waals surface area contributed by atoms with E-state index >= 15 is 0 Å². The Morgan fingerprint density at radius 3 is 2.21 bits per heavy atom. The smallest absolute Gasteiger partial charge is 0.191 e. The molecule has 0 aliphatic carbocycles. The molecule has 0 saturated heterocycles. The van der Waals surface area contributed by atoms with E-state index in [0.717, 1.165) is 5.56 Å². The number of halogens is 1. The van der Waals surface area contributed by atoms with Gasteiger partial charge in [-0.15, -0.1) is 0 Å². The van der Waals surface area contributed by atoms with Crippen LogP contribution in [0.2, 0.25) is 0 Å². The maximum absolute atomic E-state index is 11.8. The predicted octanol–water partition coefficient (Wildman–Crippen LogP) is 2.90. The van der Waals surface area contributed by atoms with E-state index in [4.69, 9.17) is 0 Å². The van der Waals surface area contributed by atoms with Gasteiger partial charge in [-0.2, -0.15) is 0 Å². The van der Waals surface area contributed by atoms with Crippen molar-refractivity contribution in [2.75, 3.05) is 0 Å². The molecule has 0 N–H and O–H groups in total. The molecule has 0 amide bonds. The fraction of sp³-hybridized carbons (Fsp3) is 0.400. The van der Waals surface area contributed by atoms with Gasteiger partial charge in [-0.3, -0.25) is 0 Å². The highest BCUT2D eigenvalue weighted by Gasteiger charge is 2.22. The Kier molecular flexibility index (Phi) is 3.72. The van der Waals surface area contributed by atoms with E-state index < -0.39 is 14.0 Å². The van der Waals surface area contributed by atoms with Crippen molar-refractivity contribution in [2.24, 2.45) is 0 Å².